The van der Waals surface area contributed by atoms with E-state index in [9.17, 15) is 4.79 Å². The second-order valence-corrected chi connectivity index (χ2v) is 9.95. The van der Waals surface area contributed by atoms with Gasteiger partial charge in [0, 0.05) is 11.7 Å². The summed E-state index contributed by atoms with van der Waals surface area (Å²) in [4.78, 5) is 29.1. The van der Waals surface area contributed by atoms with E-state index < -0.39 is 0 Å². The predicted molar refractivity (Wildman–Crippen MR) is 149 cm³/mol. The zero-order valence-corrected chi connectivity index (χ0v) is 21.2. The van der Waals surface area contributed by atoms with Crippen LogP contribution in [0, 0.1) is 6.92 Å². The van der Waals surface area contributed by atoms with E-state index in [4.69, 9.17) is 19.7 Å². The second-order valence-electron chi connectivity index (χ2n) is 9.95. The van der Waals surface area contributed by atoms with Gasteiger partial charge < -0.3 is 4.74 Å². The molecule has 1 fully saturated rings. The summed E-state index contributed by atoms with van der Waals surface area (Å²) in [5, 5.41) is 0.527. The number of rotatable bonds is 4. The molecule has 3 aromatic heterocycles. The summed E-state index contributed by atoms with van der Waals surface area (Å²) in [5.41, 5.74) is 4.15. The van der Waals surface area contributed by atoms with Gasteiger partial charge in [-0.15, -0.1) is 0 Å². The molecule has 3 aromatic carbocycles. The van der Waals surface area contributed by atoms with Gasteiger partial charge in [-0.1, -0.05) is 49.6 Å². The molecule has 1 aliphatic carbocycles. The van der Waals surface area contributed by atoms with E-state index in [0.29, 0.717) is 22.2 Å². The number of ether oxygens (including phenoxy) is 1. The average molecular weight is 502 g/mol. The predicted octanol–water partition coefficient (Wildman–Crippen LogP) is 6.89. The Bertz CT molecular complexity index is 1850. The maximum absolute atomic E-state index is 14.1. The van der Waals surface area contributed by atoms with Crippen molar-refractivity contribution >= 4 is 33.2 Å². The van der Waals surface area contributed by atoms with Crippen molar-refractivity contribution in [3.8, 4) is 17.2 Å². The standard InChI is InChI=1S/C31H27N5O2/c1-20-32-29-27(31(37)35(20)21-10-4-2-5-11-21)28-30(34-26-15-9-8-14-25(26)33-28)36(29)22-16-18-24(19-17-22)38-23-12-6-3-7-13-23/h3,6-9,12-19,21H,2,4-5,10-11H2,1H3. The Labute approximate surface area is 219 Å². The van der Waals surface area contributed by atoms with Gasteiger partial charge in [0.15, 0.2) is 11.3 Å². The van der Waals surface area contributed by atoms with Crippen LogP contribution in [0.1, 0.15) is 44.0 Å². The average Bonchev–Trinajstić information content (AvgIpc) is 3.26. The van der Waals surface area contributed by atoms with E-state index in [1.807, 2.05) is 94.9 Å². The number of benzene rings is 3. The van der Waals surface area contributed by atoms with Crippen molar-refractivity contribution in [3.05, 3.63) is 95.0 Å². The highest BCUT2D eigenvalue weighted by atomic mass is 16.5. The van der Waals surface area contributed by atoms with Crippen molar-refractivity contribution in [1.29, 1.82) is 0 Å². The van der Waals surface area contributed by atoms with Gasteiger partial charge in [0.25, 0.3) is 5.56 Å². The summed E-state index contributed by atoms with van der Waals surface area (Å²) in [7, 11) is 0. The molecule has 6 aromatic rings. The Morgan fingerprint density at radius 2 is 1.39 bits per heavy atom. The van der Waals surface area contributed by atoms with Gasteiger partial charge in [0.1, 0.15) is 28.2 Å². The van der Waals surface area contributed by atoms with E-state index in [-0.39, 0.29) is 11.6 Å². The molecular weight excluding hydrogens is 474 g/mol. The topological polar surface area (TPSA) is 74.8 Å². The minimum absolute atomic E-state index is 0.0308. The van der Waals surface area contributed by atoms with E-state index in [0.717, 1.165) is 59.7 Å². The summed E-state index contributed by atoms with van der Waals surface area (Å²) >= 11 is 0. The molecule has 7 rings (SSSR count). The maximum Gasteiger partial charge on any atom is 0.265 e. The van der Waals surface area contributed by atoms with Gasteiger partial charge in [-0.3, -0.25) is 13.9 Å². The van der Waals surface area contributed by atoms with Crippen LogP contribution in [0.5, 0.6) is 11.5 Å². The van der Waals surface area contributed by atoms with Crippen molar-refractivity contribution < 1.29 is 4.74 Å². The molecule has 7 nitrogen and oxygen atoms in total. The fourth-order valence-corrected chi connectivity index (χ4v) is 5.71. The van der Waals surface area contributed by atoms with Crippen LogP contribution in [0.15, 0.2) is 83.7 Å². The van der Waals surface area contributed by atoms with E-state index in [1.165, 1.54) is 6.42 Å². The number of aryl methyl sites for hydroxylation is 1. The summed E-state index contributed by atoms with van der Waals surface area (Å²) < 4.78 is 9.85. The molecule has 0 unspecified atom stereocenters. The Hall–Kier alpha value is -4.52. The van der Waals surface area contributed by atoms with Crippen LogP contribution in [-0.2, 0) is 0 Å². The molecule has 1 aliphatic rings. The Morgan fingerprint density at radius 3 is 2.13 bits per heavy atom. The third-order valence-corrected chi connectivity index (χ3v) is 7.50. The Kier molecular flexibility index (Phi) is 5.43. The highest BCUT2D eigenvalue weighted by Gasteiger charge is 2.25. The number of fused-ring (bicyclic) bond motifs is 4. The van der Waals surface area contributed by atoms with Crippen LogP contribution in [0.2, 0.25) is 0 Å². The largest absolute Gasteiger partial charge is 0.457 e. The smallest absolute Gasteiger partial charge is 0.265 e. The third kappa shape index (κ3) is 3.74. The number of para-hydroxylation sites is 3. The first-order valence-electron chi connectivity index (χ1n) is 13.2. The van der Waals surface area contributed by atoms with E-state index in [1.54, 1.807) is 0 Å². The summed E-state index contributed by atoms with van der Waals surface area (Å²) in [6.45, 7) is 1.94. The van der Waals surface area contributed by atoms with E-state index >= 15 is 0 Å². The number of aromatic nitrogens is 5. The SMILES string of the molecule is Cc1nc2c(c(=O)n1C1CCCCC1)c1nc3ccccc3nc1n2-c1ccc(Oc2ccccc2)cc1. The monoisotopic (exact) mass is 501 g/mol. The first-order valence-corrected chi connectivity index (χ1v) is 13.2. The van der Waals surface area contributed by atoms with Crippen LogP contribution < -0.4 is 10.3 Å². The molecule has 7 heteroatoms. The fraction of sp³-hybridized carbons (Fsp3) is 0.226. The minimum Gasteiger partial charge on any atom is -0.457 e. The van der Waals surface area contributed by atoms with Gasteiger partial charge in [-0.05, 0) is 68.3 Å². The highest BCUT2D eigenvalue weighted by Crippen LogP contribution is 2.32. The lowest BCUT2D eigenvalue weighted by atomic mass is 9.95. The molecule has 0 spiro atoms. The van der Waals surface area contributed by atoms with Gasteiger partial charge in [-0.2, -0.15) is 0 Å². The number of nitrogens with zero attached hydrogens (tertiary/aromatic N) is 5. The molecular formula is C31H27N5O2. The number of hydrogen-bond donors (Lipinski definition) is 0. The molecule has 0 N–H and O–H groups in total. The highest BCUT2D eigenvalue weighted by molar-refractivity contribution is 6.05. The van der Waals surface area contributed by atoms with Crippen molar-refractivity contribution in [2.24, 2.45) is 0 Å². The van der Waals surface area contributed by atoms with Crippen LogP contribution in [-0.4, -0.2) is 24.1 Å². The van der Waals surface area contributed by atoms with Crippen LogP contribution >= 0.6 is 0 Å². The Balaban J connectivity index is 1.46. The first-order chi connectivity index (χ1) is 18.7. The molecule has 38 heavy (non-hydrogen) atoms. The zero-order valence-electron chi connectivity index (χ0n) is 21.2. The molecule has 188 valence electrons. The van der Waals surface area contributed by atoms with Crippen molar-refractivity contribution in [2.75, 3.05) is 0 Å². The normalized spacial score (nSPS) is 14.4. The van der Waals surface area contributed by atoms with Gasteiger partial charge in [-0.25, -0.2) is 15.0 Å². The molecule has 0 aliphatic heterocycles. The lowest BCUT2D eigenvalue weighted by molar-refractivity contribution is 0.339. The first kappa shape index (κ1) is 22.7. The third-order valence-electron chi connectivity index (χ3n) is 7.50. The second kappa shape index (κ2) is 9.10. The minimum atomic E-state index is -0.0308. The van der Waals surface area contributed by atoms with Crippen molar-refractivity contribution in [1.82, 2.24) is 24.1 Å². The lowest BCUT2D eigenvalue weighted by Crippen LogP contribution is -2.29. The molecule has 0 radical (unpaired) electrons. The van der Waals surface area contributed by atoms with Crippen LogP contribution in [0.25, 0.3) is 38.9 Å². The quantitative estimate of drug-likeness (QED) is 0.263. The van der Waals surface area contributed by atoms with Crippen LogP contribution in [0.3, 0.4) is 0 Å². The molecule has 0 saturated heterocycles. The maximum atomic E-state index is 14.1. The fourth-order valence-electron chi connectivity index (χ4n) is 5.71. The Morgan fingerprint density at radius 1 is 0.737 bits per heavy atom. The summed E-state index contributed by atoms with van der Waals surface area (Å²) in [6, 6.07) is 25.4. The molecule has 1 saturated carbocycles. The van der Waals surface area contributed by atoms with Crippen molar-refractivity contribution in [2.45, 2.75) is 45.1 Å². The van der Waals surface area contributed by atoms with Crippen LogP contribution in [0.4, 0.5) is 0 Å². The van der Waals surface area contributed by atoms with Gasteiger partial charge in [0.05, 0.1) is 11.0 Å². The molecule has 0 atom stereocenters. The van der Waals surface area contributed by atoms with Crippen molar-refractivity contribution in [3.63, 3.8) is 0 Å². The van der Waals surface area contributed by atoms with Gasteiger partial charge >= 0.3 is 0 Å². The molecule has 3 heterocycles. The number of hydrogen-bond acceptors (Lipinski definition) is 5. The molecule has 0 bridgehead atoms. The van der Waals surface area contributed by atoms with Gasteiger partial charge in [0.2, 0.25) is 0 Å². The summed E-state index contributed by atoms with van der Waals surface area (Å²) in [5.74, 6) is 2.23. The lowest BCUT2D eigenvalue weighted by Gasteiger charge is -2.25. The zero-order chi connectivity index (χ0) is 25.6. The van der Waals surface area contributed by atoms with E-state index in [2.05, 4.69) is 0 Å². The molecule has 0 amide bonds. The summed E-state index contributed by atoms with van der Waals surface area (Å²) in [6.07, 6.45) is 5.51.